The minimum absolute atomic E-state index is 0.0523. The molecule has 0 bridgehead atoms. The zero-order valence-corrected chi connectivity index (χ0v) is 16.7. The molecule has 4 rings (SSSR count). The lowest BCUT2D eigenvalue weighted by Crippen LogP contribution is -2.50. The van der Waals surface area contributed by atoms with Gasteiger partial charge < -0.3 is 15.1 Å². The maximum absolute atomic E-state index is 12.7. The molecule has 0 unspecified atom stereocenters. The largest absolute Gasteiger partial charge is 0.353 e. The van der Waals surface area contributed by atoms with E-state index in [1.807, 2.05) is 52.9 Å². The number of aryl methyl sites for hydroxylation is 2. The Bertz CT molecular complexity index is 978. The molecule has 0 atom stereocenters. The lowest BCUT2D eigenvalue weighted by molar-refractivity contribution is 0.208. The summed E-state index contributed by atoms with van der Waals surface area (Å²) in [4.78, 5) is 29.9. The summed E-state index contributed by atoms with van der Waals surface area (Å²) in [6.45, 7) is 6.71. The van der Waals surface area contributed by atoms with Crippen molar-refractivity contribution in [2.24, 2.45) is 0 Å². The van der Waals surface area contributed by atoms with Gasteiger partial charge in [-0.3, -0.25) is 4.57 Å². The number of anilines is 2. The number of piperazine rings is 1. The van der Waals surface area contributed by atoms with Crippen molar-refractivity contribution in [3.8, 4) is 5.82 Å². The fourth-order valence-electron chi connectivity index (χ4n) is 3.51. The second-order valence-corrected chi connectivity index (χ2v) is 7.02. The topological polar surface area (TPSA) is 79.2 Å². The molecule has 0 spiro atoms. The van der Waals surface area contributed by atoms with Gasteiger partial charge in [0.2, 0.25) is 0 Å². The Morgan fingerprint density at radius 3 is 2.59 bits per heavy atom. The predicted octanol–water partition coefficient (Wildman–Crippen LogP) is 2.89. The lowest BCUT2D eigenvalue weighted by atomic mass is 10.1. The summed E-state index contributed by atoms with van der Waals surface area (Å²) >= 11 is 0. The Morgan fingerprint density at radius 1 is 1.10 bits per heavy atom. The number of amides is 2. The van der Waals surface area contributed by atoms with Crippen molar-refractivity contribution < 1.29 is 4.79 Å². The van der Waals surface area contributed by atoms with E-state index in [0.717, 1.165) is 42.4 Å². The Balaban J connectivity index is 1.41. The van der Waals surface area contributed by atoms with E-state index in [2.05, 4.69) is 32.1 Å². The second-order valence-electron chi connectivity index (χ2n) is 7.02. The van der Waals surface area contributed by atoms with Crippen molar-refractivity contribution in [3.05, 3.63) is 60.4 Å². The van der Waals surface area contributed by atoms with E-state index in [1.165, 1.54) is 0 Å². The standard InChI is InChI=1S/C21H25N7O/c1-3-17-6-4-5-7-18(17)25-21(29)27-12-10-26(11-13-27)19-14-20(24-16(2)23-19)28-9-8-22-15-28/h4-9,14-15H,3,10-13H2,1-2H3,(H,25,29). The fraction of sp³-hybridized carbons (Fsp3) is 0.333. The Kier molecular flexibility index (Phi) is 5.41. The molecule has 1 aliphatic heterocycles. The Morgan fingerprint density at radius 2 is 1.86 bits per heavy atom. The molecule has 0 aliphatic carbocycles. The molecular formula is C21H25N7O. The molecule has 0 radical (unpaired) electrons. The number of carbonyl (C=O) groups excluding carboxylic acids is 1. The van der Waals surface area contributed by atoms with Gasteiger partial charge >= 0.3 is 6.03 Å². The number of nitrogens with zero attached hydrogens (tertiary/aromatic N) is 6. The Hall–Kier alpha value is -3.42. The highest BCUT2D eigenvalue weighted by molar-refractivity contribution is 5.90. The van der Waals surface area contributed by atoms with Gasteiger partial charge in [-0.25, -0.2) is 19.7 Å². The third kappa shape index (κ3) is 4.21. The van der Waals surface area contributed by atoms with Crippen molar-refractivity contribution in [2.45, 2.75) is 20.3 Å². The van der Waals surface area contributed by atoms with E-state index in [1.54, 1.807) is 12.5 Å². The maximum Gasteiger partial charge on any atom is 0.321 e. The third-order valence-electron chi connectivity index (χ3n) is 5.11. The van der Waals surface area contributed by atoms with Gasteiger partial charge in [0.05, 0.1) is 0 Å². The Labute approximate surface area is 170 Å². The molecule has 2 amide bonds. The molecule has 1 aromatic carbocycles. The highest BCUT2D eigenvalue weighted by atomic mass is 16.2. The van der Waals surface area contributed by atoms with Gasteiger partial charge in [-0.2, -0.15) is 0 Å². The van der Waals surface area contributed by atoms with Crippen LogP contribution >= 0.6 is 0 Å². The molecule has 1 fully saturated rings. The van der Waals surface area contributed by atoms with Crippen LogP contribution in [0, 0.1) is 6.92 Å². The number of imidazole rings is 1. The summed E-state index contributed by atoms with van der Waals surface area (Å²) in [7, 11) is 0. The van der Waals surface area contributed by atoms with E-state index in [9.17, 15) is 4.79 Å². The average Bonchev–Trinajstić information content (AvgIpc) is 3.29. The average molecular weight is 391 g/mol. The minimum Gasteiger partial charge on any atom is -0.353 e. The molecule has 2 aromatic heterocycles. The summed E-state index contributed by atoms with van der Waals surface area (Å²) < 4.78 is 1.87. The van der Waals surface area contributed by atoms with Crippen LogP contribution in [0.3, 0.4) is 0 Å². The summed E-state index contributed by atoms with van der Waals surface area (Å²) in [5, 5.41) is 3.06. The van der Waals surface area contributed by atoms with Crippen LogP contribution in [-0.2, 0) is 6.42 Å². The number of nitrogens with one attached hydrogen (secondary N) is 1. The number of hydrogen-bond acceptors (Lipinski definition) is 5. The highest BCUT2D eigenvalue weighted by Gasteiger charge is 2.23. The summed E-state index contributed by atoms with van der Waals surface area (Å²) in [5.41, 5.74) is 2.03. The number of benzene rings is 1. The number of para-hydroxylation sites is 1. The van der Waals surface area contributed by atoms with Crippen LogP contribution in [0.4, 0.5) is 16.3 Å². The highest BCUT2D eigenvalue weighted by Crippen LogP contribution is 2.19. The van der Waals surface area contributed by atoms with E-state index < -0.39 is 0 Å². The summed E-state index contributed by atoms with van der Waals surface area (Å²) in [5.74, 6) is 2.38. The van der Waals surface area contributed by atoms with Gasteiger partial charge in [0, 0.05) is 50.3 Å². The smallest absolute Gasteiger partial charge is 0.321 e. The zero-order chi connectivity index (χ0) is 20.2. The van der Waals surface area contributed by atoms with Crippen LogP contribution in [0.1, 0.15) is 18.3 Å². The molecular weight excluding hydrogens is 366 g/mol. The first-order valence-corrected chi connectivity index (χ1v) is 9.87. The van der Waals surface area contributed by atoms with Crippen LogP contribution < -0.4 is 10.2 Å². The van der Waals surface area contributed by atoms with Crippen LogP contribution in [0.15, 0.2) is 49.1 Å². The predicted molar refractivity (Wildman–Crippen MR) is 113 cm³/mol. The fourth-order valence-corrected chi connectivity index (χ4v) is 3.51. The first-order chi connectivity index (χ1) is 14.1. The van der Waals surface area contributed by atoms with Crippen LogP contribution in [-0.4, -0.2) is 56.6 Å². The van der Waals surface area contributed by atoms with Gasteiger partial charge in [0.15, 0.2) is 0 Å². The molecule has 0 saturated carbocycles. The van der Waals surface area contributed by atoms with Gasteiger partial charge in [0.1, 0.15) is 23.8 Å². The summed E-state index contributed by atoms with van der Waals surface area (Å²) in [6.07, 6.45) is 6.20. The van der Waals surface area contributed by atoms with Gasteiger partial charge in [-0.15, -0.1) is 0 Å². The van der Waals surface area contributed by atoms with Crippen molar-refractivity contribution in [2.75, 3.05) is 36.4 Å². The molecule has 8 nitrogen and oxygen atoms in total. The normalized spacial score (nSPS) is 14.1. The van der Waals surface area contributed by atoms with E-state index in [0.29, 0.717) is 18.9 Å². The molecule has 29 heavy (non-hydrogen) atoms. The quantitative estimate of drug-likeness (QED) is 0.740. The zero-order valence-electron chi connectivity index (χ0n) is 16.7. The molecule has 1 aliphatic rings. The molecule has 3 aromatic rings. The van der Waals surface area contributed by atoms with Gasteiger partial charge in [-0.1, -0.05) is 25.1 Å². The number of carbonyl (C=O) groups is 1. The first-order valence-electron chi connectivity index (χ1n) is 9.87. The molecule has 3 heterocycles. The SMILES string of the molecule is CCc1ccccc1NC(=O)N1CCN(c2cc(-n3ccnc3)nc(C)n2)CC1. The van der Waals surface area contributed by atoms with Crippen molar-refractivity contribution in [1.82, 2.24) is 24.4 Å². The van der Waals surface area contributed by atoms with E-state index in [-0.39, 0.29) is 6.03 Å². The van der Waals surface area contributed by atoms with Crippen molar-refractivity contribution >= 4 is 17.5 Å². The molecule has 8 heteroatoms. The van der Waals surface area contributed by atoms with Crippen molar-refractivity contribution in [1.29, 1.82) is 0 Å². The molecule has 150 valence electrons. The number of rotatable bonds is 4. The first kappa shape index (κ1) is 18.9. The summed E-state index contributed by atoms with van der Waals surface area (Å²) in [6, 6.07) is 9.85. The van der Waals surface area contributed by atoms with Crippen LogP contribution in [0.25, 0.3) is 5.82 Å². The maximum atomic E-state index is 12.7. The molecule has 1 saturated heterocycles. The van der Waals surface area contributed by atoms with Crippen LogP contribution in [0.2, 0.25) is 0 Å². The second kappa shape index (κ2) is 8.30. The van der Waals surface area contributed by atoms with Gasteiger partial charge in [0.25, 0.3) is 0 Å². The lowest BCUT2D eigenvalue weighted by Gasteiger charge is -2.35. The van der Waals surface area contributed by atoms with Gasteiger partial charge in [-0.05, 0) is 25.0 Å². The number of urea groups is 1. The van der Waals surface area contributed by atoms with Crippen molar-refractivity contribution in [3.63, 3.8) is 0 Å². The monoisotopic (exact) mass is 391 g/mol. The number of aromatic nitrogens is 4. The third-order valence-corrected chi connectivity index (χ3v) is 5.11. The number of hydrogen-bond donors (Lipinski definition) is 1. The van der Waals surface area contributed by atoms with E-state index in [4.69, 9.17) is 0 Å². The van der Waals surface area contributed by atoms with Crippen LogP contribution in [0.5, 0.6) is 0 Å². The van der Waals surface area contributed by atoms with E-state index >= 15 is 0 Å². The minimum atomic E-state index is -0.0523. The molecule has 1 N–H and O–H groups in total.